The van der Waals surface area contributed by atoms with E-state index < -0.39 is 5.91 Å². The van der Waals surface area contributed by atoms with Crippen molar-refractivity contribution in [3.63, 3.8) is 0 Å². The third-order valence-electron chi connectivity index (χ3n) is 6.54. The van der Waals surface area contributed by atoms with Gasteiger partial charge in [-0.1, -0.05) is 28.1 Å². The van der Waals surface area contributed by atoms with Crippen molar-refractivity contribution in [1.29, 1.82) is 0 Å². The summed E-state index contributed by atoms with van der Waals surface area (Å²) in [5.41, 5.74) is 6.10. The van der Waals surface area contributed by atoms with Gasteiger partial charge in [0.25, 0.3) is 0 Å². The minimum atomic E-state index is -0.485. The SMILES string of the molecule is NC(=O)CCC(=O)NC[C@H]1[C@H](C(=O)Nc2ccc(Br)cc2)[C@@H]2C=C[C@H]1C21CC1. The first-order valence-electron chi connectivity index (χ1n) is 9.70. The van der Waals surface area contributed by atoms with E-state index in [4.69, 9.17) is 5.73 Å². The Morgan fingerprint density at radius 1 is 1.07 bits per heavy atom. The highest BCUT2D eigenvalue weighted by atomic mass is 79.9. The second kappa shape index (κ2) is 7.35. The van der Waals surface area contributed by atoms with Crippen LogP contribution in [0.1, 0.15) is 25.7 Å². The lowest BCUT2D eigenvalue weighted by Gasteiger charge is -2.27. The van der Waals surface area contributed by atoms with Crippen LogP contribution in [0.3, 0.4) is 0 Å². The number of rotatable bonds is 7. The smallest absolute Gasteiger partial charge is 0.228 e. The summed E-state index contributed by atoms with van der Waals surface area (Å²) >= 11 is 3.40. The Morgan fingerprint density at radius 3 is 2.39 bits per heavy atom. The Kier molecular flexibility index (Phi) is 5.04. The summed E-state index contributed by atoms with van der Waals surface area (Å²) in [6, 6.07) is 7.54. The molecule has 3 aliphatic rings. The van der Waals surface area contributed by atoms with Gasteiger partial charge in [-0.25, -0.2) is 0 Å². The van der Waals surface area contributed by atoms with Crippen molar-refractivity contribution in [3.8, 4) is 0 Å². The van der Waals surface area contributed by atoms with Gasteiger partial charge in [-0.3, -0.25) is 14.4 Å². The Hall–Kier alpha value is -2.15. The first kappa shape index (κ1) is 19.2. The molecule has 0 unspecified atom stereocenters. The zero-order valence-corrected chi connectivity index (χ0v) is 17.1. The topological polar surface area (TPSA) is 101 Å². The van der Waals surface area contributed by atoms with Crippen LogP contribution in [0.2, 0.25) is 0 Å². The van der Waals surface area contributed by atoms with Crippen LogP contribution in [-0.2, 0) is 14.4 Å². The quantitative estimate of drug-likeness (QED) is 0.562. The predicted octanol–water partition coefficient (Wildman–Crippen LogP) is 2.60. The van der Waals surface area contributed by atoms with Crippen LogP contribution >= 0.6 is 15.9 Å². The van der Waals surface area contributed by atoms with E-state index in [2.05, 4.69) is 38.7 Å². The number of carbonyl (C=O) groups is 3. The highest BCUT2D eigenvalue weighted by Crippen LogP contribution is 2.71. The van der Waals surface area contributed by atoms with Gasteiger partial charge in [-0.15, -0.1) is 0 Å². The lowest BCUT2D eigenvalue weighted by Crippen LogP contribution is -2.39. The Morgan fingerprint density at radius 2 is 1.75 bits per heavy atom. The predicted molar refractivity (Wildman–Crippen MR) is 109 cm³/mol. The van der Waals surface area contributed by atoms with E-state index in [1.54, 1.807) is 0 Å². The van der Waals surface area contributed by atoms with Gasteiger partial charge in [0, 0.05) is 29.5 Å². The summed E-state index contributed by atoms with van der Waals surface area (Å²) in [6.45, 7) is 0.448. The van der Waals surface area contributed by atoms with E-state index in [0.717, 1.165) is 23.0 Å². The molecule has 3 amide bonds. The molecule has 2 fully saturated rings. The maximum absolute atomic E-state index is 13.1. The third-order valence-corrected chi connectivity index (χ3v) is 7.07. The first-order valence-corrected chi connectivity index (χ1v) is 10.5. The average molecular weight is 446 g/mol. The number of nitrogens with two attached hydrogens (primary N) is 1. The van der Waals surface area contributed by atoms with Gasteiger partial charge in [-0.2, -0.15) is 0 Å². The van der Waals surface area contributed by atoms with Crippen LogP contribution in [0.25, 0.3) is 0 Å². The average Bonchev–Trinajstić information content (AvgIpc) is 3.33. The number of primary amides is 1. The Labute approximate surface area is 172 Å². The number of hydrogen-bond acceptors (Lipinski definition) is 3. The van der Waals surface area contributed by atoms with Gasteiger partial charge < -0.3 is 16.4 Å². The maximum atomic E-state index is 13.1. The van der Waals surface area contributed by atoms with Gasteiger partial charge >= 0.3 is 0 Å². The van der Waals surface area contributed by atoms with Crippen molar-refractivity contribution in [3.05, 3.63) is 40.9 Å². The molecule has 1 aromatic carbocycles. The van der Waals surface area contributed by atoms with Crippen LogP contribution in [0, 0.1) is 29.1 Å². The minimum absolute atomic E-state index is 0.0156. The van der Waals surface area contributed by atoms with Crippen molar-refractivity contribution in [1.82, 2.24) is 5.32 Å². The fourth-order valence-electron chi connectivity index (χ4n) is 5.12. The summed E-state index contributed by atoms with van der Waals surface area (Å²) in [5, 5.41) is 5.97. The molecular formula is C21H24BrN3O3. The molecule has 1 spiro atoms. The highest BCUT2D eigenvalue weighted by Gasteiger charge is 2.68. The zero-order valence-electron chi connectivity index (χ0n) is 15.5. The fraction of sp³-hybridized carbons (Fsp3) is 0.476. The molecule has 0 heterocycles. The van der Waals surface area contributed by atoms with Crippen molar-refractivity contribution in [2.24, 2.45) is 34.8 Å². The van der Waals surface area contributed by atoms with Crippen LogP contribution < -0.4 is 16.4 Å². The lowest BCUT2D eigenvalue weighted by molar-refractivity contribution is -0.126. The molecule has 3 aliphatic carbocycles. The van der Waals surface area contributed by atoms with E-state index in [1.807, 2.05) is 24.3 Å². The summed E-state index contributed by atoms with van der Waals surface area (Å²) in [4.78, 5) is 36.1. The normalized spacial score (nSPS) is 28.3. The van der Waals surface area contributed by atoms with Crippen LogP contribution in [0.5, 0.6) is 0 Å². The third kappa shape index (κ3) is 3.48. The number of carbonyl (C=O) groups excluding carboxylic acids is 3. The van der Waals surface area contributed by atoms with Crippen LogP contribution in [-0.4, -0.2) is 24.3 Å². The van der Waals surface area contributed by atoms with Crippen molar-refractivity contribution in [2.75, 3.05) is 11.9 Å². The number of halogens is 1. The molecule has 1 aromatic rings. The van der Waals surface area contributed by atoms with E-state index in [9.17, 15) is 14.4 Å². The molecule has 2 bridgehead atoms. The number of hydrogen-bond donors (Lipinski definition) is 3. The summed E-state index contributed by atoms with van der Waals surface area (Å²) in [5.74, 6) is -0.177. The molecule has 28 heavy (non-hydrogen) atoms. The molecule has 0 aromatic heterocycles. The van der Waals surface area contributed by atoms with Crippen molar-refractivity contribution < 1.29 is 14.4 Å². The number of benzene rings is 1. The number of amides is 3. The molecule has 4 atom stereocenters. The summed E-state index contributed by atoms with van der Waals surface area (Å²) in [7, 11) is 0. The molecule has 2 saturated carbocycles. The van der Waals surface area contributed by atoms with Crippen LogP contribution in [0.4, 0.5) is 5.69 Å². The summed E-state index contributed by atoms with van der Waals surface area (Å²) in [6.07, 6.45) is 6.86. The largest absolute Gasteiger partial charge is 0.370 e. The van der Waals surface area contributed by atoms with Gasteiger partial charge in [-0.05, 0) is 60.3 Å². The maximum Gasteiger partial charge on any atom is 0.228 e. The second-order valence-electron chi connectivity index (χ2n) is 8.13. The van der Waals surface area contributed by atoms with Crippen molar-refractivity contribution in [2.45, 2.75) is 25.7 Å². The summed E-state index contributed by atoms with van der Waals surface area (Å²) < 4.78 is 0.960. The zero-order chi connectivity index (χ0) is 19.9. The molecule has 4 N–H and O–H groups in total. The molecule has 4 rings (SSSR count). The van der Waals surface area contributed by atoms with E-state index in [1.165, 1.54) is 0 Å². The van der Waals surface area contributed by atoms with Gasteiger partial charge in [0.15, 0.2) is 0 Å². The number of nitrogens with one attached hydrogen (secondary N) is 2. The van der Waals surface area contributed by atoms with Gasteiger partial charge in [0.2, 0.25) is 17.7 Å². The van der Waals surface area contributed by atoms with E-state index in [-0.39, 0.29) is 47.8 Å². The van der Waals surface area contributed by atoms with Crippen molar-refractivity contribution >= 4 is 39.3 Å². The molecular weight excluding hydrogens is 422 g/mol. The minimum Gasteiger partial charge on any atom is -0.370 e. The molecule has 0 saturated heterocycles. The Bertz CT molecular complexity index is 832. The number of anilines is 1. The number of allylic oxidation sites excluding steroid dienone is 2. The Balaban J connectivity index is 1.45. The van der Waals surface area contributed by atoms with E-state index >= 15 is 0 Å². The van der Waals surface area contributed by atoms with Gasteiger partial charge in [0.1, 0.15) is 0 Å². The molecule has 0 radical (unpaired) electrons. The lowest BCUT2D eigenvalue weighted by atomic mass is 9.82. The highest BCUT2D eigenvalue weighted by molar-refractivity contribution is 9.10. The van der Waals surface area contributed by atoms with E-state index in [0.29, 0.717) is 12.5 Å². The molecule has 7 heteroatoms. The molecule has 148 valence electrons. The second-order valence-corrected chi connectivity index (χ2v) is 9.04. The molecule has 0 aliphatic heterocycles. The fourth-order valence-corrected chi connectivity index (χ4v) is 5.38. The first-order chi connectivity index (χ1) is 13.4. The molecule has 6 nitrogen and oxygen atoms in total. The standard InChI is InChI=1S/C21H24BrN3O3/c22-12-1-3-13(4-2-12)25-20(28)19-14(11-24-18(27)8-7-17(23)26)15-5-6-16(19)21(15)9-10-21/h1-6,14-16,19H,7-11H2,(H2,23,26)(H,24,27)(H,25,28)/t14-,15-,16+,19+/m1/s1. The van der Waals surface area contributed by atoms with Gasteiger partial charge in [0.05, 0.1) is 5.92 Å². The monoisotopic (exact) mass is 445 g/mol. The van der Waals surface area contributed by atoms with Crippen LogP contribution in [0.15, 0.2) is 40.9 Å².